The lowest BCUT2D eigenvalue weighted by Crippen LogP contribution is -2.11. The molecule has 0 unspecified atom stereocenters. The van der Waals surface area contributed by atoms with Gasteiger partial charge in [-0.05, 0) is 0 Å². The number of amidine groups is 1. The first kappa shape index (κ1) is 9.52. The molecule has 7 N–H and O–H groups in total. The highest BCUT2D eigenvalue weighted by Crippen LogP contribution is 1.68. The van der Waals surface area contributed by atoms with Gasteiger partial charge in [-0.25, -0.2) is 0 Å². The molecule has 0 rings (SSSR count). The average molecular weight is 106 g/mol. The number of nitrogens with two attached hydrogens (primary N) is 2. The fraction of sp³-hybridized carbons (Fsp3) is 0.667. The van der Waals surface area contributed by atoms with Gasteiger partial charge in [-0.2, -0.15) is 5.10 Å². The van der Waals surface area contributed by atoms with E-state index in [1.54, 1.807) is 0 Å². The van der Waals surface area contributed by atoms with Crippen molar-refractivity contribution in [3.8, 4) is 0 Å². The van der Waals surface area contributed by atoms with Gasteiger partial charge in [0.05, 0.1) is 0 Å². The standard InChI is InChI=1S/C3H9N3.H3N.H2/c1-2-3(4)6-5;;/h2,5H2,1H3,(H2,4,6);1H3;1H. The van der Waals surface area contributed by atoms with Crippen LogP contribution in [-0.4, -0.2) is 5.84 Å². The Kier molecular flexibility index (Phi) is 7.12. The molecule has 0 aliphatic carbocycles. The molecule has 0 radical (unpaired) electrons. The monoisotopic (exact) mass is 106 g/mol. The largest absolute Gasteiger partial charge is 0.386 e. The van der Waals surface area contributed by atoms with E-state index in [1.807, 2.05) is 6.92 Å². The normalized spacial score (nSPS) is 10.1. The molecule has 0 fully saturated rings. The summed E-state index contributed by atoms with van der Waals surface area (Å²) in [5.74, 6) is 5.24. The van der Waals surface area contributed by atoms with Crippen molar-refractivity contribution in [1.82, 2.24) is 6.15 Å². The second-order valence-corrected chi connectivity index (χ2v) is 0.974. The van der Waals surface area contributed by atoms with Crippen molar-refractivity contribution in [3.63, 3.8) is 0 Å². The van der Waals surface area contributed by atoms with Crippen LogP contribution in [0.4, 0.5) is 0 Å². The second-order valence-electron chi connectivity index (χ2n) is 0.974. The molecular weight excluding hydrogens is 92.1 g/mol. The lowest BCUT2D eigenvalue weighted by molar-refractivity contribution is 1.15. The van der Waals surface area contributed by atoms with Crippen LogP contribution in [0.3, 0.4) is 0 Å². The van der Waals surface area contributed by atoms with Crippen molar-refractivity contribution in [2.75, 3.05) is 0 Å². The molecule has 0 aliphatic heterocycles. The van der Waals surface area contributed by atoms with Gasteiger partial charge in [0.15, 0.2) is 0 Å². The third kappa shape index (κ3) is 5.23. The molecule has 0 spiro atoms. The predicted molar refractivity (Wildman–Crippen MR) is 33.2 cm³/mol. The Balaban J connectivity index is -0.000000125. The van der Waals surface area contributed by atoms with Gasteiger partial charge >= 0.3 is 0 Å². The van der Waals surface area contributed by atoms with Crippen molar-refractivity contribution in [2.24, 2.45) is 16.7 Å². The molecule has 4 heteroatoms. The van der Waals surface area contributed by atoms with E-state index in [4.69, 9.17) is 11.6 Å². The first-order chi connectivity index (χ1) is 2.81. The fourth-order valence-corrected chi connectivity index (χ4v) is 0.0913. The average Bonchev–Trinajstić information content (AvgIpc) is 1.65. The Bertz CT molecular complexity index is 62.3. The van der Waals surface area contributed by atoms with E-state index < -0.39 is 0 Å². The minimum atomic E-state index is 0. The van der Waals surface area contributed by atoms with E-state index in [0.29, 0.717) is 5.84 Å². The molecule has 0 aliphatic rings. The summed E-state index contributed by atoms with van der Waals surface area (Å²) in [6, 6.07) is 0. The molecule has 4 nitrogen and oxygen atoms in total. The van der Waals surface area contributed by atoms with Crippen molar-refractivity contribution < 1.29 is 1.43 Å². The number of hydrogen-bond acceptors (Lipinski definition) is 3. The topological polar surface area (TPSA) is 99.4 Å². The van der Waals surface area contributed by atoms with E-state index >= 15 is 0 Å². The Hall–Kier alpha value is -0.770. The Labute approximate surface area is 44.6 Å². The fourth-order valence-electron chi connectivity index (χ4n) is 0.0913. The third-order valence-electron chi connectivity index (χ3n) is 0.528. The summed E-state index contributed by atoms with van der Waals surface area (Å²) in [6.45, 7) is 1.89. The summed E-state index contributed by atoms with van der Waals surface area (Å²) in [5.41, 5.74) is 5.10. The number of hydrogen-bond donors (Lipinski definition) is 3. The van der Waals surface area contributed by atoms with Crippen LogP contribution in [0.5, 0.6) is 0 Å². The van der Waals surface area contributed by atoms with E-state index in [0.717, 1.165) is 6.42 Å². The van der Waals surface area contributed by atoms with Gasteiger partial charge in [-0.3, -0.25) is 0 Å². The maximum Gasteiger partial charge on any atom is 0.119 e. The van der Waals surface area contributed by atoms with Gasteiger partial charge in [0, 0.05) is 7.85 Å². The van der Waals surface area contributed by atoms with Gasteiger partial charge in [0.2, 0.25) is 0 Å². The third-order valence-corrected chi connectivity index (χ3v) is 0.528. The molecule has 0 saturated carbocycles. The molecule has 7 heavy (non-hydrogen) atoms. The SMILES string of the molecule is CC/C(N)=N/N.N.[HH]. The zero-order valence-corrected chi connectivity index (χ0v) is 4.52. The van der Waals surface area contributed by atoms with Crippen molar-refractivity contribution in [1.29, 1.82) is 0 Å². The highest BCUT2D eigenvalue weighted by molar-refractivity contribution is 5.79. The Morgan fingerprint density at radius 1 is 1.86 bits per heavy atom. The van der Waals surface area contributed by atoms with E-state index in [1.165, 1.54) is 0 Å². The molecule has 0 bridgehead atoms. The van der Waals surface area contributed by atoms with Crippen LogP contribution in [0.15, 0.2) is 5.10 Å². The molecular formula is C3H14N4. The van der Waals surface area contributed by atoms with Crippen LogP contribution in [0.1, 0.15) is 14.8 Å². The van der Waals surface area contributed by atoms with Crippen LogP contribution >= 0.6 is 0 Å². The van der Waals surface area contributed by atoms with Gasteiger partial charge < -0.3 is 17.7 Å². The first-order valence-electron chi connectivity index (χ1n) is 1.83. The smallest absolute Gasteiger partial charge is 0.119 e. The lowest BCUT2D eigenvalue weighted by atomic mass is 10.5. The van der Waals surface area contributed by atoms with E-state index in [-0.39, 0.29) is 7.58 Å². The molecule has 46 valence electrons. The number of nitrogens with zero attached hydrogens (tertiary/aromatic N) is 1. The van der Waals surface area contributed by atoms with Crippen LogP contribution in [-0.2, 0) is 0 Å². The summed E-state index contributed by atoms with van der Waals surface area (Å²) in [6.07, 6.45) is 0.733. The second kappa shape index (κ2) is 5.23. The summed E-state index contributed by atoms with van der Waals surface area (Å²) in [5, 5.41) is 3.20. The van der Waals surface area contributed by atoms with Crippen LogP contribution in [0, 0.1) is 0 Å². The number of rotatable bonds is 1. The van der Waals surface area contributed by atoms with Crippen molar-refractivity contribution >= 4 is 5.84 Å². The molecule has 0 saturated heterocycles. The minimum Gasteiger partial charge on any atom is -0.386 e. The van der Waals surface area contributed by atoms with Crippen molar-refractivity contribution in [3.05, 3.63) is 0 Å². The van der Waals surface area contributed by atoms with E-state index in [9.17, 15) is 0 Å². The van der Waals surface area contributed by atoms with Crippen LogP contribution < -0.4 is 17.7 Å². The molecule has 0 aromatic heterocycles. The van der Waals surface area contributed by atoms with Gasteiger partial charge in [0.1, 0.15) is 5.84 Å². The highest BCUT2D eigenvalue weighted by atomic mass is 15.1. The summed E-state index contributed by atoms with van der Waals surface area (Å²) < 4.78 is 0. The molecule has 0 aromatic carbocycles. The Morgan fingerprint density at radius 2 is 2.29 bits per heavy atom. The minimum absolute atomic E-state index is 0. The van der Waals surface area contributed by atoms with Crippen LogP contribution in [0.25, 0.3) is 0 Å². The Morgan fingerprint density at radius 3 is 2.29 bits per heavy atom. The summed E-state index contributed by atoms with van der Waals surface area (Å²) >= 11 is 0. The quantitative estimate of drug-likeness (QED) is 0.190. The predicted octanol–water partition coefficient (Wildman–Crippen LogP) is 0.0353. The van der Waals surface area contributed by atoms with Gasteiger partial charge in [-0.1, -0.05) is 6.92 Å². The first-order valence-corrected chi connectivity index (χ1v) is 1.83. The zero-order valence-electron chi connectivity index (χ0n) is 4.52. The highest BCUT2D eigenvalue weighted by Gasteiger charge is 1.76. The molecule has 0 atom stereocenters. The van der Waals surface area contributed by atoms with Gasteiger partial charge in [-0.15, -0.1) is 0 Å². The summed E-state index contributed by atoms with van der Waals surface area (Å²) in [4.78, 5) is 0. The zero-order chi connectivity index (χ0) is 4.99. The number of hydrazone groups is 1. The molecule has 0 heterocycles. The molecule has 0 amide bonds. The lowest BCUT2D eigenvalue weighted by Gasteiger charge is -1.84. The maximum absolute atomic E-state index is 5.10. The van der Waals surface area contributed by atoms with Crippen molar-refractivity contribution in [2.45, 2.75) is 13.3 Å². The molecule has 0 aromatic rings. The van der Waals surface area contributed by atoms with Crippen LogP contribution in [0.2, 0.25) is 0 Å². The maximum atomic E-state index is 5.10. The summed E-state index contributed by atoms with van der Waals surface area (Å²) in [7, 11) is 0. The van der Waals surface area contributed by atoms with E-state index in [2.05, 4.69) is 5.10 Å². The van der Waals surface area contributed by atoms with Gasteiger partial charge in [0.25, 0.3) is 0 Å².